The first-order chi connectivity index (χ1) is 10.8. The molecule has 0 spiro atoms. The van der Waals surface area contributed by atoms with E-state index < -0.39 is 17.6 Å². The molecule has 1 aliphatic heterocycles. The fraction of sp³-hybridized carbons (Fsp3) is 0.643. The summed E-state index contributed by atoms with van der Waals surface area (Å²) in [5.74, 6) is 0.397. The minimum absolute atomic E-state index is 0.0537. The molecular weight excluding hydrogens is 313 g/mol. The average Bonchev–Trinajstić information content (AvgIpc) is 2.44. The van der Waals surface area contributed by atoms with E-state index in [1.165, 1.54) is 11.1 Å². The van der Waals surface area contributed by atoms with Crippen LogP contribution in [0.4, 0.5) is 24.7 Å². The van der Waals surface area contributed by atoms with Crippen LogP contribution in [0.2, 0.25) is 0 Å². The monoisotopic (exact) mass is 332 g/mol. The smallest absolute Gasteiger partial charge is 0.364 e. The fourth-order valence-corrected chi connectivity index (χ4v) is 2.75. The van der Waals surface area contributed by atoms with E-state index >= 15 is 0 Å². The van der Waals surface area contributed by atoms with E-state index in [0.29, 0.717) is 38.0 Å². The maximum Gasteiger partial charge on any atom is 0.401 e. The van der Waals surface area contributed by atoms with Gasteiger partial charge in [-0.1, -0.05) is 0 Å². The van der Waals surface area contributed by atoms with Gasteiger partial charge in [-0.15, -0.1) is 0 Å². The molecule has 0 unspecified atom stereocenters. The maximum atomic E-state index is 12.3. The predicted octanol–water partition coefficient (Wildman–Crippen LogP) is 2.98. The Labute approximate surface area is 131 Å². The first kappa shape index (κ1) is 17.5. The SMILES string of the molecule is Cc1ccnc(NCC2CCN(CC(F)(F)F)CC2)c1[N+](=O)[O-]. The molecule has 1 aliphatic rings. The molecule has 2 rings (SSSR count). The lowest BCUT2D eigenvalue weighted by Crippen LogP contribution is -2.41. The third kappa shape index (κ3) is 5.05. The molecule has 6 nitrogen and oxygen atoms in total. The first-order valence-electron chi connectivity index (χ1n) is 7.39. The Balaban J connectivity index is 1.87. The quantitative estimate of drug-likeness (QED) is 0.663. The number of nitro groups is 1. The summed E-state index contributed by atoms with van der Waals surface area (Å²) in [6.45, 7) is 2.00. The molecule has 1 aromatic heterocycles. The topological polar surface area (TPSA) is 71.3 Å². The Morgan fingerprint density at radius 2 is 2.09 bits per heavy atom. The standard InChI is InChI=1S/C14H19F3N4O2/c1-10-2-5-18-13(12(10)21(22)23)19-8-11-3-6-20(7-4-11)9-14(15,16)17/h2,5,11H,3-4,6-9H2,1H3,(H,18,19). The summed E-state index contributed by atoms with van der Waals surface area (Å²) in [4.78, 5) is 16.0. The van der Waals surface area contributed by atoms with Crippen molar-refractivity contribution in [2.45, 2.75) is 25.9 Å². The van der Waals surface area contributed by atoms with Crippen molar-refractivity contribution in [2.75, 3.05) is 31.5 Å². The zero-order chi connectivity index (χ0) is 17.0. The van der Waals surface area contributed by atoms with Gasteiger partial charge in [0, 0.05) is 18.3 Å². The van der Waals surface area contributed by atoms with Gasteiger partial charge in [-0.2, -0.15) is 13.2 Å². The van der Waals surface area contributed by atoms with Crippen LogP contribution in [0.3, 0.4) is 0 Å². The molecule has 1 aromatic rings. The number of nitrogens with one attached hydrogen (secondary N) is 1. The number of halogens is 3. The summed E-state index contributed by atoms with van der Waals surface area (Å²) < 4.78 is 37.0. The van der Waals surface area contributed by atoms with E-state index in [9.17, 15) is 23.3 Å². The van der Waals surface area contributed by atoms with Crippen LogP contribution in [0, 0.1) is 23.0 Å². The molecule has 0 bridgehead atoms. The molecule has 1 N–H and O–H groups in total. The number of hydrogen-bond acceptors (Lipinski definition) is 5. The van der Waals surface area contributed by atoms with Gasteiger partial charge in [0.05, 0.1) is 11.5 Å². The van der Waals surface area contributed by atoms with Crippen molar-refractivity contribution in [3.63, 3.8) is 0 Å². The lowest BCUT2D eigenvalue weighted by atomic mass is 9.97. The molecule has 1 fully saturated rings. The lowest BCUT2D eigenvalue weighted by Gasteiger charge is -2.32. The summed E-state index contributed by atoms with van der Waals surface area (Å²) in [6.07, 6.45) is -1.42. The van der Waals surface area contributed by atoms with Crippen molar-refractivity contribution in [2.24, 2.45) is 5.92 Å². The number of likely N-dealkylation sites (tertiary alicyclic amines) is 1. The largest absolute Gasteiger partial charge is 0.401 e. The normalized spacial score (nSPS) is 17.2. The zero-order valence-electron chi connectivity index (χ0n) is 12.8. The third-order valence-corrected chi connectivity index (χ3v) is 3.98. The van der Waals surface area contributed by atoms with Gasteiger partial charge in [-0.3, -0.25) is 15.0 Å². The van der Waals surface area contributed by atoms with Crippen LogP contribution < -0.4 is 5.32 Å². The molecule has 0 aliphatic carbocycles. The third-order valence-electron chi connectivity index (χ3n) is 3.98. The summed E-state index contributed by atoms with van der Waals surface area (Å²) >= 11 is 0. The van der Waals surface area contributed by atoms with Crippen LogP contribution in [0.25, 0.3) is 0 Å². The summed E-state index contributed by atoms with van der Waals surface area (Å²) in [6, 6.07) is 1.57. The number of anilines is 1. The number of piperidine rings is 1. The number of hydrogen-bond donors (Lipinski definition) is 1. The minimum atomic E-state index is -4.17. The zero-order valence-corrected chi connectivity index (χ0v) is 12.8. The molecule has 0 saturated carbocycles. The van der Waals surface area contributed by atoms with Crippen molar-refractivity contribution in [1.29, 1.82) is 0 Å². The van der Waals surface area contributed by atoms with E-state index in [2.05, 4.69) is 10.3 Å². The molecule has 0 atom stereocenters. The van der Waals surface area contributed by atoms with E-state index in [4.69, 9.17) is 0 Å². The second kappa shape index (κ2) is 7.12. The van der Waals surface area contributed by atoms with E-state index in [1.807, 2.05) is 0 Å². The summed E-state index contributed by atoms with van der Waals surface area (Å²) in [7, 11) is 0. The Morgan fingerprint density at radius 3 is 2.65 bits per heavy atom. The molecule has 23 heavy (non-hydrogen) atoms. The minimum Gasteiger partial charge on any atom is -0.364 e. The Kier molecular flexibility index (Phi) is 5.40. The van der Waals surface area contributed by atoms with Crippen molar-refractivity contribution in [3.05, 3.63) is 27.9 Å². The molecule has 1 saturated heterocycles. The van der Waals surface area contributed by atoms with Gasteiger partial charge in [0.2, 0.25) is 5.82 Å². The number of nitrogens with zero attached hydrogens (tertiary/aromatic N) is 3. The molecule has 0 aromatic carbocycles. The number of pyridine rings is 1. The van der Waals surface area contributed by atoms with Gasteiger partial charge in [-0.05, 0) is 44.8 Å². The Bertz CT molecular complexity index is 557. The highest BCUT2D eigenvalue weighted by Crippen LogP contribution is 2.27. The lowest BCUT2D eigenvalue weighted by molar-refractivity contribution is -0.384. The number of aromatic nitrogens is 1. The van der Waals surface area contributed by atoms with Gasteiger partial charge < -0.3 is 5.32 Å². The second-order valence-electron chi connectivity index (χ2n) is 5.80. The van der Waals surface area contributed by atoms with Crippen LogP contribution >= 0.6 is 0 Å². The van der Waals surface area contributed by atoms with Crippen molar-refractivity contribution < 1.29 is 18.1 Å². The first-order valence-corrected chi connectivity index (χ1v) is 7.39. The second-order valence-corrected chi connectivity index (χ2v) is 5.80. The fourth-order valence-electron chi connectivity index (χ4n) is 2.75. The molecule has 0 radical (unpaired) electrons. The Morgan fingerprint density at radius 1 is 1.43 bits per heavy atom. The maximum absolute atomic E-state index is 12.3. The number of alkyl halides is 3. The van der Waals surface area contributed by atoms with Gasteiger partial charge in [0.25, 0.3) is 0 Å². The van der Waals surface area contributed by atoms with Crippen LogP contribution in [0.15, 0.2) is 12.3 Å². The van der Waals surface area contributed by atoms with Crippen molar-refractivity contribution >= 4 is 11.5 Å². The molecule has 2 heterocycles. The van der Waals surface area contributed by atoms with Crippen LogP contribution in [-0.4, -0.2) is 47.2 Å². The van der Waals surface area contributed by atoms with Gasteiger partial charge in [-0.25, -0.2) is 4.98 Å². The highest BCUT2D eigenvalue weighted by molar-refractivity contribution is 5.59. The van der Waals surface area contributed by atoms with E-state index in [0.717, 1.165) is 0 Å². The van der Waals surface area contributed by atoms with Crippen LogP contribution in [0.1, 0.15) is 18.4 Å². The van der Waals surface area contributed by atoms with Gasteiger partial charge in [0.15, 0.2) is 0 Å². The molecule has 9 heteroatoms. The van der Waals surface area contributed by atoms with Gasteiger partial charge >= 0.3 is 11.9 Å². The van der Waals surface area contributed by atoms with Gasteiger partial charge in [0.1, 0.15) is 0 Å². The predicted molar refractivity (Wildman–Crippen MR) is 79.3 cm³/mol. The average molecular weight is 332 g/mol. The van der Waals surface area contributed by atoms with E-state index in [-0.39, 0.29) is 17.4 Å². The van der Waals surface area contributed by atoms with Crippen molar-refractivity contribution in [3.8, 4) is 0 Å². The van der Waals surface area contributed by atoms with Crippen LogP contribution in [-0.2, 0) is 0 Å². The summed E-state index contributed by atoms with van der Waals surface area (Å²) in [5.41, 5.74) is 0.467. The number of rotatable bonds is 5. The summed E-state index contributed by atoms with van der Waals surface area (Å²) in [5, 5.41) is 14.1. The Hall–Kier alpha value is -1.90. The highest BCUT2D eigenvalue weighted by atomic mass is 19.4. The van der Waals surface area contributed by atoms with Crippen LogP contribution in [0.5, 0.6) is 0 Å². The van der Waals surface area contributed by atoms with E-state index in [1.54, 1.807) is 13.0 Å². The molecular formula is C14H19F3N4O2. The highest BCUT2D eigenvalue weighted by Gasteiger charge is 2.32. The molecule has 0 amide bonds. The number of aryl methyl sites for hydroxylation is 1. The molecule has 128 valence electrons. The van der Waals surface area contributed by atoms with Crippen molar-refractivity contribution in [1.82, 2.24) is 9.88 Å².